The van der Waals surface area contributed by atoms with Crippen molar-refractivity contribution in [1.82, 2.24) is 10.6 Å². The molecule has 3 N–H and O–H groups in total. The fourth-order valence-electron chi connectivity index (χ4n) is 2.74. The summed E-state index contributed by atoms with van der Waals surface area (Å²) in [5, 5.41) is 15.3. The van der Waals surface area contributed by atoms with Gasteiger partial charge in [0.2, 0.25) is 5.91 Å². The Labute approximate surface area is 112 Å². The van der Waals surface area contributed by atoms with Gasteiger partial charge >= 0.3 is 5.97 Å². The first kappa shape index (κ1) is 14.3. The number of hydrogen-bond donors (Lipinski definition) is 3. The molecule has 2 aliphatic rings. The number of ether oxygens (including phenoxy) is 1. The predicted molar refractivity (Wildman–Crippen MR) is 68.8 cm³/mol. The predicted octanol–water partition coefficient (Wildman–Crippen LogP) is 0.126. The van der Waals surface area contributed by atoms with Gasteiger partial charge in [-0.2, -0.15) is 0 Å². The van der Waals surface area contributed by atoms with E-state index in [4.69, 9.17) is 4.74 Å². The maximum atomic E-state index is 11.9. The summed E-state index contributed by atoms with van der Waals surface area (Å²) in [5.74, 6) is -0.566. The Kier molecular flexibility index (Phi) is 4.76. The summed E-state index contributed by atoms with van der Waals surface area (Å²) in [6, 6.07) is 0. The number of carbonyl (C=O) groups is 2. The largest absolute Gasteiger partial charge is 0.480 e. The van der Waals surface area contributed by atoms with Gasteiger partial charge in [-0.1, -0.05) is 0 Å². The van der Waals surface area contributed by atoms with Crippen LogP contribution in [0.2, 0.25) is 0 Å². The highest BCUT2D eigenvalue weighted by Gasteiger charge is 2.41. The van der Waals surface area contributed by atoms with E-state index in [0.717, 1.165) is 25.9 Å². The fraction of sp³-hybridized carbons (Fsp3) is 0.846. The van der Waals surface area contributed by atoms with Crippen molar-refractivity contribution < 1.29 is 19.4 Å². The summed E-state index contributed by atoms with van der Waals surface area (Å²) in [6.45, 7) is 2.76. The third-order valence-corrected chi connectivity index (χ3v) is 4.08. The first-order valence-corrected chi connectivity index (χ1v) is 6.95. The Morgan fingerprint density at radius 3 is 2.68 bits per heavy atom. The zero-order valence-electron chi connectivity index (χ0n) is 11.1. The first-order chi connectivity index (χ1) is 9.12. The Hall–Kier alpha value is -1.14. The van der Waals surface area contributed by atoms with Crippen LogP contribution in [0, 0.1) is 5.92 Å². The summed E-state index contributed by atoms with van der Waals surface area (Å²) in [4.78, 5) is 23.3. The quantitative estimate of drug-likeness (QED) is 0.661. The normalized spacial score (nSPS) is 26.0. The van der Waals surface area contributed by atoms with Crippen LogP contribution in [0.15, 0.2) is 0 Å². The topological polar surface area (TPSA) is 87.7 Å². The lowest BCUT2D eigenvalue weighted by molar-refractivity contribution is -0.152. The van der Waals surface area contributed by atoms with E-state index in [9.17, 15) is 14.7 Å². The number of carbonyl (C=O) groups excluding carboxylic acids is 1. The van der Waals surface area contributed by atoms with E-state index in [2.05, 4.69) is 10.6 Å². The van der Waals surface area contributed by atoms with Crippen LogP contribution in [0.1, 0.15) is 32.1 Å². The van der Waals surface area contributed by atoms with Gasteiger partial charge in [0.05, 0.1) is 0 Å². The molecule has 0 bridgehead atoms. The highest BCUT2D eigenvalue weighted by Crippen LogP contribution is 2.22. The third-order valence-electron chi connectivity index (χ3n) is 4.08. The van der Waals surface area contributed by atoms with Gasteiger partial charge in [-0.15, -0.1) is 0 Å². The number of carboxylic acid groups (broad SMARTS) is 1. The molecule has 2 saturated heterocycles. The average molecular weight is 270 g/mol. The summed E-state index contributed by atoms with van der Waals surface area (Å²) < 4.78 is 5.17. The van der Waals surface area contributed by atoms with Gasteiger partial charge in [0.15, 0.2) is 0 Å². The highest BCUT2D eigenvalue weighted by atomic mass is 16.5. The molecule has 2 aliphatic heterocycles. The van der Waals surface area contributed by atoms with Crippen molar-refractivity contribution in [2.24, 2.45) is 5.92 Å². The van der Waals surface area contributed by atoms with Crippen LogP contribution in [-0.4, -0.2) is 48.8 Å². The molecule has 1 amide bonds. The number of amides is 1. The summed E-state index contributed by atoms with van der Waals surface area (Å²) in [5.41, 5.74) is -1.12. The second kappa shape index (κ2) is 6.34. The van der Waals surface area contributed by atoms with Gasteiger partial charge in [0, 0.05) is 32.5 Å². The van der Waals surface area contributed by atoms with Gasteiger partial charge in [-0.05, 0) is 31.8 Å². The average Bonchev–Trinajstić information content (AvgIpc) is 2.90. The molecule has 0 saturated carbocycles. The Morgan fingerprint density at radius 1 is 1.37 bits per heavy atom. The van der Waals surface area contributed by atoms with Crippen LogP contribution in [0.4, 0.5) is 0 Å². The van der Waals surface area contributed by atoms with E-state index in [-0.39, 0.29) is 5.91 Å². The lowest BCUT2D eigenvalue weighted by atomic mass is 9.89. The maximum absolute atomic E-state index is 11.9. The molecule has 0 aliphatic carbocycles. The second-order valence-corrected chi connectivity index (χ2v) is 5.45. The second-order valence-electron chi connectivity index (χ2n) is 5.45. The zero-order chi connectivity index (χ0) is 13.7. The summed E-state index contributed by atoms with van der Waals surface area (Å²) in [6.07, 6.45) is 3.02. The van der Waals surface area contributed by atoms with Gasteiger partial charge in [0.1, 0.15) is 5.54 Å². The Balaban J connectivity index is 1.82. The van der Waals surface area contributed by atoms with Gasteiger partial charge in [-0.3, -0.25) is 4.79 Å². The molecule has 0 aromatic carbocycles. The van der Waals surface area contributed by atoms with E-state index < -0.39 is 11.5 Å². The monoisotopic (exact) mass is 270 g/mol. The minimum absolute atomic E-state index is 0.156. The van der Waals surface area contributed by atoms with Crippen molar-refractivity contribution in [2.45, 2.75) is 37.6 Å². The van der Waals surface area contributed by atoms with E-state index in [0.29, 0.717) is 38.4 Å². The molecule has 0 radical (unpaired) electrons. The maximum Gasteiger partial charge on any atom is 0.329 e. The Bertz CT molecular complexity index is 334. The van der Waals surface area contributed by atoms with Crippen LogP contribution in [0.25, 0.3) is 0 Å². The molecule has 19 heavy (non-hydrogen) atoms. The SMILES string of the molecule is O=C(CCC1CCNC1)NC1(C(=O)O)CCOCC1. The molecule has 0 spiro atoms. The number of carboxylic acids is 1. The van der Waals surface area contributed by atoms with E-state index in [1.807, 2.05) is 0 Å². The van der Waals surface area contributed by atoms with Crippen molar-refractivity contribution in [3.8, 4) is 0 Å². The van der Waals surface area contributed by atoms with Crippen LogP contribution in [0.3, 0.4) is 0 Å². The number of hydrogen-bond acceptors (Lipinski definition) is 4. The smallest absolute Gasteiger partial charge is 0.329 e. The van der Waals surface area contributed by atoms with Crippen LogP contribution < -0.4 is 10.6 Å². The van der Waals surface area contributed by atoms with Crippen LogP contribution in [0.5, 0.6) is 0 Å². The molecule has 0 aromatic heterocycles. The molecular formula is C13H22N2O4. The van der Waals surface area contributed by atoms with E-state index >= 15 is 0 Å². The molecule has 1 atom stereocenters. The lowest BCUT2D eigenvalue weighted by Crippen LogP contribution is -2.57. The van der Waals surface area contributed by atoms with Gasteiger partial charge in [0.25, 0.3) is 0 Å². The van der Waals surface area contributed by atoms with Crippen LogP contribution >= 0.6 is 0 Å². The third kappa shape index (κ3) is 3.67. The summed E-state index contributed by atoms with van der Waals surface area (Å²) >= 11 is 0. The zero-order valence-corrected chi connectivity index (χ0v) is 11.1. The van der Waals surface area contributed by atoms with Gasteiger partial charge < -0.3 is 20.5 Å². The van der Waals surface area contributed by atoms with E-state index in [1.54, 1.807) is 0 Å². The molecule has 6 heteroatoms. The summed E-state index contributed by atoms with van der Waals surface area (Å²) in [7, 11) is 0. The molecule has 1 unspecified atom stereocenters. The van der Waals surface area contributed by atoms with Crippen molar-refractivity contribution in [2.75, 3.05) is 26.3 Å². The fourth-order valence-corrected chi connectivity index (χ4v) is 2.74. The highest BCUT2D eigenvalue weighted by molar-refractivity contribution is 5.87. The Morgan fingerprint density at radius 2 is 2.11 bits per heavy atom. The van der Waals surface area contributed by atoms with Crippen molar-refractivity contribution in [3.05, 3.63) is 0 Å². The minimum atomic E-state index is -1.12. The van der Waals surface area contributed by atoms with Crippen LogP contribution in [-0.2, 0) is 14.3 Å². The standard InChI is InChI=1S/C13H22N2O4/c16-11(2-1-10-3-6-14-9-10)15-13(12(17)18)4-7-19-8-5-13/h10,14H,1-9H2,(H,15,16)(H,17,18). The molecule has 2 fully saturated rings. The van der Waals surface area contributed by atoms with Crippen molar-refractivity contribution in [1.29, 1.82) is 0 Å². The molecule has 6 nitrogen and oxygen atoms in total. The number of nitrogens with one attached hydrogen (secondary N) is 2. The number of aliphatic carboxylic acids is 1. The van der Waals surface area contributed by atoms with Gasteiger partial charge in [-0.25, -0.2) is 4.79 Å². The lowest BCUT2D eigenvalue weighted by Gasteiger charge is -2.34. The minimum Gasteiger partial charge on any atom is -0.480 e. The van der Waals surface area contributed by atoms with E-state index in [1.165, 1.54) is 0 Å². The molecular weight excluding hydrogens is 248 g/mol. The molecule has 0 aromatic rings. The van der Waals surface area contributed by atoms with Crippen molar-refractivity contribution in [3.63, 3.8) is 0 Å². The first-order valence-electron chi connectivity index (χ1n) is 6.95. The molecule has 2 rings (SSSR count). The van der Waals surface area contributed by atoms with Crippen molar-refractivity contribution >= 4 is 11.9 Å². The molecule has 108 valence electrons. The molecule has 2 heterocycles. The number of rotatable bonds is 5.